The Bertz CT molecular complexity index is 2420. The topological polar surface area (TPSA) is 190 Å². The Hall–Kier alpha value is -6.99. The number of amides is 7. The van der Waals surface area contributed by atoms with Crippen LogP contribution in [0.4, 0.5) is 0 Å². The number of piperazine rings is 1. The Kier molecular flexibility index (Phi) is 13.8. The van der Waals surface area contributed by atoms with E-state index in [1.165, 1.54) is 45.3 Å². The monoisotopic (exact) mass is 905 g/mol. The highest BCUT2D eigenvalue weighted by Gasteiger charge is 2.66. The molecule has 0 radical (unpaired) electrons. The Morgan fingerprint density at radius 3 is 2.03 bits per heavy atom. The van der Waals surface area contributed by atoms with Crippen molar-refractivity contribution in [1.29, 1.82) is 0 Å². The first kappa shape index (κ1) is 45.0. The number of aromatic nitrogens is 1. The van der Waals surface area contributed by atoms with Crippen molar-refractivity contribution >= 4 is 71.8 Å². The fourth-order valence-corrected chi connectivity index (χ4v) is 10.1. The quantitative estimate of drug-likeness (QED) is 0.0300. The smallest absolute Gasteiger partial charge is 0.356 e. The number of thioether (sulfide) groups is 2. The number of fused-ring (bicyclic) bond motifs is 1. The van der Waals surface area contributed by atoms with E-state index < -0.39 is 52.8 Å². The van der Waals surface area contributed by atoms with Crippen LogP contribution >= 0.6 is 23.5 Å². The van der Waals surface area contributed by atoms with Gasteiger partial charge in [-0.05, 0) is 29.2 Å². The SMILES string of the molecule is CCN1CCN(N(C=O)[C@@H](C(=O)N[C@]2(NC=O)C(=O)N3C(C(=O)OC(c4ccccc4)c4ccccc4)=C(CSc4cc[n+](N(C)C(C)=O)cc4)CS[C@@H]32)c2ccccc2)C(=O)C1=O. The molecule has 0 bridgehead atoms. The van der Waals surface area contributed by atoms with Gasteiger partial charge in [-0.1, -0.05) is 95.7 Å². The third-order valence-electron chi connectivity index (χ3n) is 11.1. The first-order chi connectivity index (χ1) is 30.9. The maximum absolute atomic E-state index is 14.8. The van der Waals surface area contributed by atoms with Crippen LogP contribution in [0.1, 0.15) is 42.7 Å². The molecule has 0 saturated carbocycles. The van der Waals surface area contributed by atoms with Gasteiger partial charge in [-0.15, -0.1) is 28.5 Å². The zero-order valence-corrected chi connectivity index (χ0v) is 36.7. The second-order valence-corrected chi connectivity index (χ2v) is 16.9. The number of carbonyl (C=O) groups excluding carboxylic acids is 8. The van der Waals surface area contributed by atoms with Gasteiger partial charge in [0.1, 0.15) is 11.1 Å². The molecular weight excluding hydrogens is 861 g/mol. The number of carbonyl (C=O) groups is 8. The van der Waals surface area contributed by atoms with Gasteiger partial charge in [0.2, 0.25) is 30.9 Å². The van der Waals surface area contributed by atoms with Crippen molar-refractivity contribution in [3.8, 4) is 0 Å². The number of hydrazine groups is 1. The summed E-state index contributed by atoms with van der Waals surface area (Å²) in [5.41, 5.74) is -0.0699. The van der Waals surface area contributed by atoms with Gasteiger partial charge in [-0.25, -0.2) is 14.8 Å². The van der Waals surface area contributed by atoms with Gasteiger partial charge in [-0.2, -0.15) is 0 Å². The van der Waals surface area contributed by atoms with Crippen molar-refractivity contribution in [3.05, 3.63) is 143 Å². The van der Waals surface area contributed by atoms with Gasteiger partial charge < -0.3 is 20.3 Å². The molecule has 3 aromatic carbocycles. The predicted octanol–water partition coefficient (Wildman–Crippen LogP) is 2.05. The number of hydrogen-bond donors (Lipinski definition) is 2. The van der Waals surface area contributed by atoms with Gasteiger partial charge >= 0.3 is 17.8 Å². The van der Waals surface area contributed by atoms with Crippen molar-refractivity contribution in [3.63, 3.8) is 0 Å². The molecule has 4 aromatic rings. The summed E-state index contributed by atoms with van der Waals surface area (Å²) in [6.45, 7) is 3.41. The molecule has 17 nitrogen and oxygen atoms in total. The lowest BCUT2D eigenvalue weighted by molar-refractivity contribution is -0.680. The molecule has 7 amide bonds. The van der Waals surface area contributed by atoms with Crippen LogP contribution < -0.4 is 20.3 Å². The van der Waals surface area contributed by atoms with E-state index >= 15 is 0 Å². The molecule has 2 N–H and O–H groups in total. The van der Waals surface area contributed by atoms with Crippen LogP contribution in [0, 0.1) is 0 Å². The highest BCUT2D eigenvalue weighted by Crippen LogP contribution is 2.47. The van der Waals surface area contributed by atoms with E-state index in [9.17, 15) is 38.4 Å². The summed E-state index contributed by atoms with van der Waals surface area (Å²) in [6.07, 6.45) is 3.08. The molecule has 1 aromatic heterocycles. The van der Waals surface area contributed by atoms with E-state index in [4.69, 9.17) is 4.74 Å². The minimum Gasteiger partial charge on any atom is -0.448 e. The number of rotatable bonds is 17. The van der Waals surface area contributed by atoms with Crippen LogP contribution in [0.5, 0.6) is 0 Å². The lowest BCUT2D eigenvalue weighted by Crippen LogP contribution is -2.85. The normalized spacial score (nSPS) is 18.7. The van der Waals surface area contributed by atoms with Gasteiger partial charge in [0, 0.05) is 48.5 Å². The molecule has 330 valence electrons. The second kappa shape index (κ2) is 19.6. The Labute approximate surface area is 377 Å². The molecule has 3 atom stereocenters. The summed E-state index contributed by atoms with van der Waals surface area (Å²) in [6, 6.07) is 28.3. The summed E-state index contributed by atoms with van der Waals surface area (Å²) in [4.78, 5) is 111. The average molecular weight is 906 g/mol. The number of pyridine rings is 1. The van der Waals surface area contributed by atoms with Crippen LogP contribution in [0.3, 0.4) is 0 Å². The number of hydrogen-bond acceptors (Lipinski definition) is 11. The largest absolute Gasteiger partial charge is 0.448 e. The van der Waals surface area contributed by atoms with Crippen molar-refractivity contribution in [2.45, 2.75) is 41.9 Å². The summed E-state index contributed by atoms with van der Waals surface area (Å²) in [7, 11) is 1.63. The molecule has 7 rings (SSSR count). The maximum Gasteiger partial charge on any atom is 0.356 e. The molecule has 4 heterocycles. The lowest BCUT2D eigenvalue weighted by atomic mass is 9.93. The molecular formula is C45H45N8O9S2+. The number of benzene rings is 3. The van der Waals surface area contributed by atoms with Crippen LogP contribution in [0.25, 0.3) is 0 Å². The van der Waals surface area contributed by atoms with E-state index in [0.29, 0.717) is 16.7 Å². The molecule has 3 aliphatic heterocycles. The van der Waals surface area contributed by atoms with E-state index in [1.807, 2.05) is 72.8 Å². The second-order valence-electron chi connectivity index (χ2n) is 14.8. The maximum atomic E-state index is 14.8. The highest BCUT2D eigenvalue weighted by atomic mass is 32.2. The lowest BCUT2D eigenvalue weighted by Gasteiger charge is -2.57. The fraction of sp³-hybridized carbons (Fsp3) is 0.267. The number of esters is 1. The van der Waals surface area contributed by atoms with Crippen molar-refractivity contribution in [2.75, 3.05) is 43.2 Å². The predicted molar refractivity (Wildman–Crippen MR) is 234 cm³/mol. The van der Waals surface area contributed by atoms with Gasteiger partial charge in [0.15, 0.2) is 12.1 Å². The van der Waals surface area contributed by atoms with E-state index in [1.54, 1.807) is 61.4 Å². The summed E-state index contributed by atoms with van der Waals surface area (Å²) >= 11 is 2.58. The Balaban J connectivity index is 1.23. The minimum atomic E-state index is -2.13. The molecule has 0 unspecified atom stereocenters. The summed E-state index contributed by atoms with van der Waals surface area (Å²) < 4.78 is 7.94. The van der Waals surface area contributed by atoms with Crippen molar-refractivity contribution in [1.82, 2.24) is 30.5 Å². The number of β-lactam (4-membered cyclic amide) rings is 1. The zero-order valence-electron chi connectivity index (χ0n) is 35.1. The van der Waals surface area contributed by atoms with Gasteiger partial charge in [0.05, 0.1) is 13.6 Å². The highest BCUT2D eigenvalue weighted by molar-refractivity contribution is 8.01. The third kappa shape index (κ3) is 8.80. The molecule has 19 heteroatoms. The van der Waals surface area contributed by atoms with E-state index in [0.717, 1.165) is 14.9 Å². The number of ether oxygens (including phenoxy) is 1. The van der Waals surface area contributed by atoms with Gasteiger partial charge in [0.25, 0.3) is 17.7 Å². The fourth-order valence-electron chi connectivity index (χ4n) is 7.64. The minimum absolute atomic E-state index is 0.0648. The Morgan fingerprint density at radius 1 is 0.891 bits per heavy atom. The molecule has 2 saturated heterocycles. The zero-order chi connectivity index (χ0) is 45.5. The first-order valence-electron chi connectivity index (χ1n) is 20.2. The number of nitrogens with zero attached hydrogens (tertiary/aromatic N) is 6. The number of likely N-dealkylation sites (N-methyl/N-ethyl adjacent to an activating group) is 1. The van der Waals surface area contributed by atoms with Crippen molar-refractivity contribution < 1.29 is 47.8 Å². The summed E-state index contributed by atoms with van der Waals surface area (Å²) in [5.74, 6) is -4.30. The van der Waals surface area contributed by atoms with E-state index in [2.05, 4.69) is 10.6 Å². The molecule has 3 aliphatic rings. The van der Waals surface area contributed by atoms with Crippen LogP contribution in [-0.4, -0.2) is 117 Å². The van der Waals surface area contributed by atoms with E-state index in [-0.39, 0.29) is 61.1 Å². The third-order valence-corrected chi connectivity index (χ3v) is 13.6. The summed E-state index contributed by atoms with van der Waals surface area (Å²) in [5, 5.41) is 7.25. The van der Waals surface area contributed by atoms with Crippen molar-refractivity contribution in [2.24, 2.45) is 0 Å². The number of nitrogens with one attached hydrogen (secondary N) is 2. The van der Waals surface area contributed by atoms with Crippen LogP contribution in [0.15, 0.2) is 132 Å². The standard InChI is InChI=1S/C45H44N8O9S2/c1-4-49-24-25-51(41(59)40(49)58)52(29-55)36(31-14-8-5-9-15-31)39(57)47-45(46-28-54)43(61)53-37(42(60)62-38(32-16-10-6-11-17-32)33-18-12-7-13-19-33)34(27-64-44(45)53)26-63-35-20-22-50(23-21-35)48(3)30(2)56/h5-23,28-29,36,38,44H,4,24-27H2,1-3H3,(H-,46,47,54,57)/p+1/t36-,44-,45-/m1/s1. The van der Waals surface area contributed by atoms with Crippen LogP contribution in [-0.2, 0) is 43.1 Å². The Morgan fingerprint density at radius 2 is 1.48 bits per heavy atom. The van der Waals surface area contributed by atoms with Gasteiger partial charge in [-0.3, -0.25) is 38.5 Å². The van der Waals surface area contributed by atoms with Crippen LogP contribution in [0.2, 0.25) is 0 Å². The molecule has 64 heavy (non-hydrogen) atoms. The first-order valence-corrected chi connectivity index (χ1v) is 22.3. The molecule has 0 spiro atoms. The average Bonchev–Trinajstić information content (AvgIpc) is 3.32. The molecule has 0 aliphatic carbocycles. The molecule has 2 fully saturated rings.